The molecule has 1 heterocycles. The molecule has 1 rings (SSSR count). The molecule has 0 aliphatic carbocycles. The van der Waals surface area contributed by atoms with Crippen LogP contribution in [0.3, 0.4) is 0 Å². The van der Waals surface area contributed by atoms with Gasteiger partial charge in [0.15, 0.2) is 0 Å². The highest BCUT2D eigenvalue weighted by atomic mass is 16.2. The monoisotopic (exact) mass is 274 g/mol. The summed E-state index contributed by atoms with van der Waals surface area (Å²) < 4.78 is 0. The van der Waals surface area contributed by atoms with E-state index in [0.29, 0.717) is 12.1 Å². The van der Waals surface area contributed by atoms with Crippen LogP contribution in [0.1, 0.15) is 29.4 Å². The lowest BCUT2D eigenvalue weighted by Crippen LogP contribution is -2.41. The first-order valence-corrected chi connectivity index (χ1v) is 6.35. The Morgan fingerprint density at radius 2 is 2.05 bits per heavy atom. The molecule has 0 aromatic carbocycles. The van der Waals surface area contributed by atoms with Crippen molar-refractivity contribution in [3.05, 3.63) is 29.6 Å². The van der Waals surface area contributed by atoms with Gasteiger partial charge in [-0.2, -0.15) is 5.26 Å². The largest absolute Gasteiger partial charge is 0.347 e. The van der Waals surface area contributed by atoms with Crippen molar-refractivity contribution in [2.24, 2.45) is 0 Å². The third-order valence-corrected chi connectivity index (χ3v) is 2.72. The summed E-state index contributed by atoms with van der Waals surface area (Å²) in [5.74, 6) is -0.438. The van der Waals surface area contributed by atoms with E-state index in [0.717, 1.165) is 6.42 Å². The molecular formula is C14H18N4O2. The molecule has 0 aliphatic rings. The topological polar surface area (TPSA) is 77.3 Å². The zero-order valence-electron chi connectivity index (χ0n) is 12.0. The van der Waals surface area contributed by atoms with Gasteiger partial charge in [0.1, 0.15) is 18.3 Å². The third-order valence-electron chi connectivity index (χ3n) is 2.72. The van der Waals surface area contributed by atoms with Crippen LogP contribution in [-0.2, 0) is 4.79 Å². The highest BCUT2D eigenvalue weighted by molar-refractivity contribution is 5.94. The number of hydrogen-bond donors (Lipinski definition) is 0. The SMILES string of the molecule is CCCN(CC(=O)N(C)C)C(=O)c1ccc(C#N)cn1. The van der Waals surface area contributed by atoms with Crippen molar-refractivity contribution in [1.29, 1.82) is 5.26 Å². The van der Waals surface area contributed by atoms with E-state index in [1.807, 2.05) is 13.0 Å². The van der Waals surface area contributed by atoms with Crippen molar-refractivity contribution in [2.75, 3.05) is 27.2 Å². The molecule has 0 saturated carbocycles. The summed E-state index contributed by atoms with van der Waals surface area (Å²) >= 11 is 0. The zero-order chi connectivity index (χ0) is 15.1. The first kappa shape index (κ1) is 15.6. The van der Waals surface area contributed by atoms with Crippen LogP contribution in [0.15, 0.2) is 18.3 Å². The van der Waals surface area contributed by atoms with Gasteiger partial charge in [-0.15, -0.1) is 0 Å². The summed E-state index contributed by atoms with van der Waals surface area (Å²) in [4.78, 5) is 30.9. The van der Waals surface area contributed by atoms with Gasteiger partial charge in [-0.05, 0) is 18.6 Å². The molecule has 20 heavy (non-hydrogen) atoms. The maximum absolute atomic E-state index is 12.3. The minimum absolute atomic E-state index is 0.0291. The number of rotatable bonds is 5. The molecule has 0 fully saturated rings. The van der Waals surface area contributed by atoms with E-state index in [4.69, 9.17) is 5.26 Å². The van der Waals surface area contributed by atoms with Gasteiger partial charge in [0.05, 0.1) is 5.56 Å². The molecule has 0 aliphatic heterocycles. The maximum atomic E-state index is 12.3. The van der Waals surface area contributed by atoms with Crippen molar-refractivity contribution in [3.8, 4) is 6.07 Å². The molecule has 0 unspecified atom stereocenters. The summed E-state index contributed by atoms with van der Waals surface area (Å²) in [5, 5.41) is 8.71. The second kappa shape index (κ2) is 7.24. The lowest BCUT2D eigenvalue weighted by molar-refractivity contribution is -0.129. The molecule has 0 N–H and O–H groups in total. The fourth-order valence-corrected chi connectivity index (χ4v) is 1.58. The maximum Gasteiger partial charge on any atom is 0.272 e. The predicted octanol–water partition coefficient (Wildman–Crippen LogP) is 0.894. The molecule has 0 spiro atoms. The minimum Gasteiger partial charge on any atom is -0.347 e. The second-order valence-electron chi connectivity index (χ2n) is 4.56. The van der Waals surface area contributed by atoms with Gasteiger partial charge in [0, 0.05) is 26.8 Å². The van der Waals surface area contributed by atoms with Crippen LogP contribution in [0, 0.1) is 11.3 Å². The van der Waals surface area contributed by atoms with Gasteiger partial charge in [-0.1, -0.05) is 6.92 Å². The molecule has 2 amide bonds. The van der Waals surface area contributed by atoms with E-state index >= 15 is 0 Å². The number of carbonyl (C=O) groups excluding carboxylic acids is 2. The van der Waals surface area contributed by atoms with Gasteiger partial charge in [-0.3, -0.25) is 9.59 Å². The van der Waals surface area contributed by atoms with E-state index in [1.165, 1.54) is 28.1 Å². The number of pyridine rings is 1. The average Bonchev–Trinajstić information content (AvgIpc) is 2.46. The molecule has 106 valence electrons. The molecule has 6 heteroatoms. The number of amides is 2. The number of likely N-dealkylation sites (N-methyl/N-ethyl adjacent to an activating group) is 1. The van der Waals surface area contributed by atoms with Crippen molar-refractivity contribution in [1.82, 2.24) is 14.8 Å². The number of nitrogens with zero attached hydrogens (tertiary/aromatic N) is 4. The first-order chi connectivity index (χ1) is 9.49. The van der Waals surface area contributed by atoms with Gasteiger partial charge in [0.2, 0.25) is 5.91 Å². The molecule has 1 aromatic heterocycles. The second-order valence-corrected chi connectivity index (χ2v) is 4.56. The van der Waals surface area contributed by atoms with Crippen LogP contribution >= 0.6 is 0 Å². The van der Waals surface area contributed by atoms with E-state index in [9.17, 15) is 9.59 Å². The summed E-state index contributed by atoms with van der Waals surface area (Å²) in [5.41, 5.74) is 0.636. The van der Waals surface area contributed by atoms with Crippen LogP contribution < -0.4 is 0 Å². The number of aromatic nitrogens is 1. The highest BCUT2D eigenvalue weighted by Crippen LogP contribution is 2.05. The predicted molar refractivity (Wildman–Crippen MR) is 73.8 cm³/mol. The third kappa shape index (κ3) is 4.05. The smallest absolute Gasteiger partial charge is 0.272 e. The highest BCUT2D eigenvalue weighted by Gasteiger charge is 2.19. The number of nitriles is 1. The summed E-state index contributed by atoms with van der Waals surface area (Å²) in [7, 11) is 3.30. The molecular weight excluding hydrogens is 256 g/mol. The van der Waals surface area contributed by atoms with Crippen LogP contribution in [0.5, 0.6) is 0 Å². The Hall–Kier alpha value is -2.42. The quantitative estimate of drug-likeness (QED) is 0.799. The summed E-state index contributed by atoms with van der Waals surface area (Å²) in [6.45, 7) is 2.45. The van der Waals surface area contributed by atoms with E-state index in [1.54, 1.807) is 14.1 Å². The molecule has 1 aromatic rings. The van der Waals surface area contributed by atoms with Crippen LogP contribution in [0.2, 0.25) is 0 Å². The normalized spacial score (nSPS) is 9.70. The van der Waals surface area contributed by atoms with Gasteiger partial charge in [0.25, 0.3) is 5.91 Å². The standard InChI is InChI=1S/C14H18N4O2/c1-4-7-18(10-13(19)17(2)3)14(20)12-6-5-11(8-15)9-16-12/h5-6,9H,4,7,10H2,1-3H3. The van der Waals surface area contributed by atoms with Crippen molar-refractivity contribution < 1.29 is 9.59 Å². The molecule has 0 radical (unpaired) electrons. The van der Waals surface area contributed by atoms with Crippen molar-refractivity contribution >= 4 is 11.8 Å². The fourth-order valence-electron chi connectivity index (χ4n) is 1.58. The van der Waals surface area contributed by atoms with Crippen LogP contribution in [-0.4, -0.2) is 53.8 Å². The first-order valence-electron chi connectivity index (χ1n) is 6.35. The minimum atomic E-state index is -0.300. The van der Waals surface area contributed by atoms with Gasteiger partial charge in [-0.25, -0.2) is 4.98 Å². The lowest BCUT2D eigenvalue weighted by Gasteiger charge is -2.23. The van der Waals surface area contributed by atoms with E-state index in [-0.39, 0.29) is 24.1 Å². The molecule has 6 nitrogen and oxygen atoms in total. The number of hydrogen-bond acceptors (Lipinski definition) is 4. The Labute approximate surface area is 118 Å². The van der Waals surface area contributed by atoms with Crippen molar-refractivity contribution in [3.63, 3.8) is 0 Å². The van der Waals surface area contributed by atoms with Gasteiger partial charge >= 0.3 is 0 Å². The van der Waals surface area contributed by atoms with Gasteiger partial charge < -0.3 is 9.80 Å². The van der Waals surface area contributed by atoms with Crippen LogP contribution in [0.4, 0.5) is 0 Å². The van der Waals surface area contributed by atoms with Crippen molar-refractivity contribution in [2.45, 2.75) is 13.3 Å². The summed E-state index contributed by atoms with van der Waals surface area (Å²) in [6, 6.07) is 4.99. The Bertz CT molecular complexity index is 517. The molecule has 0 atom stereocenters. The van der Waals surface area contributed by atoms with E-state index in [2.05, 4.69) is 4.98 Å². The number of carbonyl (C=O) groups is 2. The molecule has 0 bridgehead atoms. The fraction of sp³-hybridized carbons (Fsp3) is 0.429. The Morgan fingerprint density at radius 1 is 1.35 bits per heavy atom. The Morgan fingerprint density at radius 3 is 2.50 bits per heavy atom. The Balaban J connectivity index is 2.87. The summed E-state index contributed by atoms with van der Waals surface area (Å²) in [6.07, 6.45) is 2.11. The van der Waals surface area contributed by atoms with Crippen LogP contribution in [0.25, 0.3) is 0 Å². The Kier molecular flexibility index (Phi) is 5.66. The zero-order valence-corrected chi connectivity index (χ0v) is 12.0. The van der Waals surface area contributed by atoms with E-state index < -0.39 is 0 Å². The average molecular weight is 274 g/mol. The lowest BCUT2D eigenvalue weighted by atomic mass is 10.2. The molecule has 0 saturated heterocycles.